The van der Waals surface area contributed by atoms with Gasteiger partial charge in [-0.05, 0) is 18.6 Å². The summed E-state index contributed by atoms with van der Waals surface area (Å²) in [7, 11) is 0. The van der Waals surface area contributed by atoms with Crippen molar-refractivity contribution in [1.29, 1.82) is 0 Å². The monoisotopic (exact) mass is 189 g/mol. The molecule has 68 valence electrons. The van der Waals surface area contributed by atoms with Crippen LogP contribution in [-0.2, 0) is 9.59 Å². The largest absolute Gasteiger partial charge is 0.474 e. The molecule has 0 aromatic carbocycles. The summed E-state index contributed by atoms with van der Waals surface area (Å²) in [6.07, 6.45) is 2.24. The molecule has 0 spiro atoms. The van der Waals surface area contributed by atoms with Crippen LogP contribution in [0, 0.1) is 0 Å². The fourth-order valence-electron chi connectivity index (χ4n) is 1.09. The van der Waals surface area contributed by atoms with Crippen molar-refractivity contribution in [1.82, 2.24) is 5.32 Å². The molecule has 0 aromatic rings. The quantitative estimate of drug-likeness (QED) is 0.604. The van der Waals surface area contributed by atoms with Crippen molar-refractivity contribution in [2.45, 2.75) is 18.1 Å². The Morgan fingerprint density at radius 1 is 1.58 bits per heavy atom. The highest BCUT2D eigenvalue weighted by Crippen LogP contribution is 2.24. The molecule has 12 heavy (non-hydrogen) atoms. The Bertz CT molecular complexity index is 189. The predicted molar refractivity (Wildman–Crippen MR) is 46.1 cm³/mol. The summed E-state index contributed by atoms with van der Waals surface area (Å²) in [4.78, 5) is 20.7. The Kier molecular flexibility index (Phi) is 3.40. The third-order valence-corrected chi connectivity index (χ3v) is 3.11. The van der Waals surface area contributed by atoms with E-state index in [0.717, 1.165) is 18.6 Å². The highest BCUT2D eigenvalue weighted by Gasteiger charge is 2.18. The van der Waals surface area contributed by atoms with Gasteiger partial charge in [-0.2, -0.15) is 11.8 Å². The van der Waals surface area contributed by atoms with Crippen LogP contribution in [0.4, 0.5) is 0 Å². The molecule has 1 aliphatic rings. The van der Waals surface area contributed by atoms with E-state index >= 15 is 0 Å². The van der Waals surface area contributed by atoms with Crippen LogP contribution >= 0.6 is 11.8 Å². The number of carboxylic acids is 1. The van der Waals surface area contributed by atoms with E-state index in [2.05, 4.69) is 5.32 Å². The van der Waals surface area contributed by atoms with Crippen LogP contribution in [0.5, 0.6) is 0 Å². The Balaban J connectivity index is 2.16. The van der Waals surface area contributed by atoms with E-state index in [1.54, 1.807) is 11.8 Å². The van der Waals surface area contributed by atoms with Crippen molar-refractivity contribution in [2.75, 3.05) is 12.3 Å². The van der Waals surface area contributed by atoms with Gasteiger partial charge >= 0.3 is 11.9 Å². The number of nitrogens with one attached hydrogen (secondary N) is 1. The molecular weight excluding hydrogens is 178 g/mol. The van der Waals surface area contributed by atoms with Gasteiger partial charge in [-0.3, -0.25) is 4.79 Å². The van der Waals surface area contributed by atoms with Crippen LogP contribution in [0.1, 0.15) is 12.8 Å². The van der Waals surface area contributed by atoms with Crippen LogP contribution in [0.25, 0.3) is 0 Å². The highest BCUT2D eigenvalue weighted by molar-refractivity contribution is 8.00. The Morgan fingerprint density at radius 2 is 2.33 bits per heavy atom. The SMILES string of the molecule is O=C(O)C(=O)NCC1CCCS1. The molecule has 0 aromatic heterocycles. The molecule has 0 bridgehead atoms. The number of carboxylic acid groups (broad SMARTS) is 1. The van der Waals surface area contributed by atoms with Gasteiger partial charge in [0.2, 0.25) is 0 Å². The number of aliphatic carboxylic acids is 1. The summed E-state index contributed by atoms with van der Waals surface area (Å²) in [5.41, 5.74) is 0. The third-order valence-electron chi connectivity index (χ3n) is 1.71. The molecule has 1 heterocycles. The molecule has 0 radical (unpaired) electrons. The Labute approximate surface area is 74.7 Å². The first kappa shape index (κ1) is 9.38. The van der Waals surface area contributed by atoms with Gasteiger partial charge in [-0.1, -0.05) is 0 Å². The maximum Gasteiger partial charge on any atom is 0.394 e. The van der Waals surface area contributed by atoms with E-state index < -0.39 is 11.9 Å². The van der Waals surface area contributed by atoms with Gasteiger partial charge in [0.15, 0.2) is 0 Å². The van der Waals surface area contributed by atoms with E-state index in [9.17, 15) is 9.59 Å². The first-order chi connectivity index (χ1) is 5.70. The highest BCUT2D eigenvalue weighted by atomic mass is 32.2. The summed E-state index contributed by atoms with van der Waals surface area (Å²) >= 11 is 1.79. The second-order valence-electron chi connectivity index (χ2n) is 2.65. The average Bonchev–Trinajstić information content (AvgIpc) is 2.51. The number of hydrogen-bond donors (Lipinski definition) is 2. The number of rotatable bonds is 2. The minimum absolute atomic E-state index is 0.410. The van der Waals surface area contributed by atoms with Gasteiger partial charge in [-0.25, -0.2) is 4.79 Å². The predicted octanol–water partition coefficient (Wildman–Crippen LogP) is 0.0828. The fourth-order valence-corrected chi connectivity index (χ4v) is 2.29. The smallest absolute Gasteiger partial charge is 0.394 e. The number of amides is 1. The van der Waals surface area contributed by atoms with Crippen LogP contribution in [0.2, 0.25) is 0 Å². The molecular formula is C7H11NO3S. The summed E-state index contributed by atoms with van der Waals surface area (Å²) in [5.74, 6) is -1.19. The van der Waals surface area contributed by atoms with Crippen LogP contribution < -0.4 is 5.32 Å². The van der Waals surface area contributed by atoms with Crippen molar-refractivity contribution < 1.29 is 14.7 Å². The molecule has 1 unspecified atom stereocenters. The first-order valence-corrected chi connectivity index (χ1v) is 4.88. The van der Waals surface area contributed by atoms with Crippen LogP contribution in [0.3, 0.4) is 0 Å². The van der Waals surface area contributed by atoms with E-state index in [1.165, 1.54) is 0 Å². The van der Waals surface area contributed by atoms with Gasteiger partial charge in [-0.15, -0.1) is 0 Å². The molecule has 1 rings (SSSR count). The molecule has 1 fully saturated rings. The summed E-state index contributed by atoms with van der Waals surface area (Å²) in [6, 6.07) is 0. The lowest BCUT2D eigenvalue weighted by atomic mass is 10.2. The summed E-state index contributed by atoms with van der Waals surface area (Å²) < 4.78 is 0. The molecule has 0 saturated carbocycles. The maximum absolute atomic E-state index is 10.6. The third kappa shape index (κ3) is 2.73. The Hall–Kier alpha value is -0.710. The van der Waals surface area contributed by atoms with Crippen molar-refractivity contribution in [3.63, 3.8) is 0 Å². The average molecular weight is 189 g/mol. The number of carbonyl (C=O) groups excluding carboxylic acids is 1. The van der Waals surface area contributed by atoms with Crippen molar-refractivity contribution >= 4 is 23.6 Å². The van der Waals surface area contributed by atoms with Gasteiger partial charge in [0, 0.05) is 11.8 Å². The molecule has 4 nitrogen and oxygen atoms in total. The molecule has 2 N–H and O–H groups in total. The van der Waals surface area contributed by atoms with Gasteiger partial charge in [0.25, 0.3) is 0 Å². The van der Waals surface area contributed by atoms with E-state index in [4.69, 9.17) is 5.11 Å². The van der Waals surface area contributed by atoms with Gasteiger partial charge < -0.3 is 10.4 Å². The standard InChI is InChI=1S/C7H11NO3S/c9-6(7(10)11)8-4-5-2-1-3-12-5/h5H,1-4H2,(H,8,9)(H,10,11). The number of carbonyl (C=O) groups is 2. The van der Waals surface area contributed by atoms with E-state index in [-0.39, 0.29) is 0 Å². The molecule has 1 aliphatic heterocycles. The molecule has 5 heteroatoms. The van der Waals surface area contributed by atoms with Gasteiger partial charge in [0.05, 0.1) is 0 Å². The zero-order chi connectivity index (χ0) is 8.97. The molecule has 1 atom stereocenters. The minimum Gasteiger partial charge on any atom is -0.474 e. The first-order valence-electron chi connectivity index (χ1n) is 3.83. The molecule has 1 amide bonds. The second-order valence-corrected chi connectivity index (χ2v) is 4.06. The lowest BCUT2D eigenvalue weighted by Crippen LogP contribution is -2.34. The zero-order valence-corrected chi connectivity index (χ0v) is 7.39. The van der Waals surface area contributed by atoms with Gasteiger partial charge in [0.1, 0.15) is 0 Å². The summed E-state index contributed by atoms with van der Waals surface area (Å²) in [5, 5.41) is 11.0. The zero-order valence-electron chi connectivity index (χ0n) is 6.58. The lowest BCUT2D eigenvalue weighted by Gasteiger charge is -2.07. The van der Waals surface area contributed by atoms with Crippen molar-refractivity contribution in [3.8, 4) is 0 Å². The maximum atomic E-state index is 10.6. The van der Waals surface area contributed by atoms with Crippen LogP contribution in [0.15, 0.2) is 0 Å². The molecule has 1 saturated heterocycles. The fraction of sp³-hybridized carbons (Fsp3) is 0.714. The number of hydrogen-bond acceptors (Lipinski definition) is 3. The topological polar surface area (TPSA) is 66.4 Å². The molecule has 0 aliphatic carbocycles. The lowest BCUT2D eigenvalue weighted by molar-refractivity contribution is -0.150. The Morgan fingerprint density at radius 3 is 2.83 bits per heavy atom. The number of thioether (sulfide) groups is 1. The van der Waals surface area contributed by atoms with Crippen molar-refractivity contribution in [2.24, 2.45) is 0 Å². The minimum atomic E-state index is -1.40. The van der Waals surface area contributed by atoms with E-state index in [0.29, 0.717) is 11.8 Å². The van der Waals surface area contributed by atoms with Crippen molar-refractivity contribution in [3.05, 3.63) is 0 Å². The summed E-state index contributed by atoms with van der Waals surface area (Å²) in [6.45, 7) is 0.482. The normalized spacial score (nSPS) is 22.2. The van der Waals surface area contributed by atoms with Crippen LogP contribution in [-0.4, -0.2) is 34.5 Å². The van der Waals surface area contributed by atoms with E-state index in [1.807, 2.05) is 0 Å². The second kappa shape index (κ2) is 4.35.